The van der Waals surface area contributed by atoms with Gasteiger partial charge < -0.3 is 4.98 Å². The summed E-state index contributed by atoms with van der Waals surface area (Å²) in [7, 11) is 0. The molecule has 0 unspecified atom stereocenters. The predicted octanol–water partition coefficient (Wildman–Crippen LogP) is 3.83. The topological polar surface area (TPSA) is 74.0 Å². The quantitative estimate of drug-likeness (QED) is 0.472. The summed E-state index contributed by atoms with van der Waals surface area (Å²) in [5.41, 5.74) is 7.21. The normalized spacial score (nSPS) is 11.0. The number of benzene rings is 2. The number of H-pyrrole nitrogens is 1. The molecule has 27 heavy (non-hydrogen) atoms. The molecule has 0 spiro atoms. The van der Waals surface area contributed by atoms with E-state index in [2.05, 4.69) is 15.8 Å². The van der Waals surface area contributed by atoms with Crippen LogP contribution in [0.25, 0.3) is 21.0 Å². The summed E-state index contributed by atoms with van der Waals surface area (Å²) >= 11 is 1.20. The van der Waals surface area contributed by atoms with E-state index in [9.17, 15) is 14.0 Å². The molecule has 4 aromatic rings. The fourth-order valence-electron chi connectivity index (χ4n) is 3.15. The molecule has 2 aromatic carbocycles. The minimum atomic E-state index is -0.458. The molecule has 2 amide bonds. The summed E-state index contributed by atoms with van der Waals surface area (Å²) in [6.07, 6.45) is 1.91. The lowest BCUT2D eigenvalue weighted by atomic mass is 10.1. The molecule has 0 saturated carbocycles. The number of amides is 2. The highest BCUT2D eigenvalue weighted by Crippen LogP contribution is 2.32. The number of rotatable bonds is 3. The number of carbonyl (C=O) groups is 2. The Morgan fingerprint density at radius 3 is 2.74 bits per heavy atom. The van der Waals surface area contributed by atoms with E-state index in [1.54, 1.807) is 25.3 Å². The second-order valence-electron chi connectivity index (χ2n) is 6.21. The van der Waals surface area contributed by atoms with Crippen molar-refractivity contribution in [3.8, 4) is 0 Å². The molecule has 0 aliphatic carbocycles. The average molecular weight is 381 g/mol. The monoisotopic (exact) mass is 381 g/mol. The standard InChI is InChI=1S/C20H16FN3O2S/c1-11-18-14(21)6-4-8-16(18)27-19(11)20(26)24-23-17(25)9-12-10-22-15-7-3-2-5-13(12)15/h2-8,10,22H,9H2,1H3,(H,23,25)(H,24,26). The molecule has 3 N–H and O–H groups in total. The molecule has 0 saturated heterocycles. The number of aromatic nitrogens is 1. The lowest BCUT2D eigenvalue weighted by molar-refractivity contribution is -0.121. The van der Waals surface area contributed by atoms with Crippen LogP contribution in [-0.2, 0) is 11.2 Å². The van der Waals surface area contributed by atoms with Crippen molar-refractivity contribution >= 4 is 44.1 Å². The molecule has 5 nitrogen and oxygen atoms in total. The van der Waals surface area contributed by atoms with Crippen LogP contribution < -0.4 is 10.9 Å². The lowest BCUT2D eigenvalue weighted by Gasteiger charge is -2.06. The molecule has 4 rings (SSSR count). The Hall–Kier alpha value is -3.19. The number of fused-ring (bicyclic) bond motifs is 2. The highest BCUT2D eigenvalue weighted by atomic mass is 32.1. The number of aromatic amines is 1. The zero-order chi connectivity index (χ0) is 19.0. The van der Waals surface area contributed by atoms with Crippen molar-refractivity contribution in [3.05, 3.63) is 70.5 Å². The maximum atomic E-state index is 14.0. The summed E-state index contributed by atoms with van der Waals surface area (Å²) in [4.78, 5) is 28.1. The number of thiophene rings is 1. The number of halogens is 1. The van der Waals surface area contributed by atoms with Crippen LogP contribution in [0.15, 0.2) is 48.7 Å². The third kappa shape index (κ3) is 3.17. The van der Waals surface area contributed by atoms with Crippen LogP contribution in [0.1, 0.15) is 20.8 Å². The molecule has 0 bridgehead atoms. The second-order valence-corrected chi connectivity index (χ2v) is 7.26. The Balaban J connectivity index is 1.45. The smallest absolute Gasteiger partial charge is 0.280 e. The molecule has 0 aliphatic heterocycles. The van der Waals surface area contributed by atoms with Gasteiger partial charge in [0.1, 0.15) is 5.82 Å². The molecular weight excluding hydrogens is 365 g/mol. The van der Waals surface area contributed by atoms with Crippen molar-refractivity contribution in [2.24, 2.45) is 0 Å². The maximum Gasteiger partial charge on any atom is 0.280 e. The first kappa shape index (κ1) is 17.2. The second kappa shape index (κ2) is 6.85. The van der Waals surface area contributed by atoms with Gasteiger partial charge in [0.2, 0.25) is 5.91 Å². The van der Waals surface area contributed by atoms with Crippen molar-refractivity contribution < 1.29 is 14.0 Å². The zero-order valence-corrected chi connectivity index (χ0v) is 15.2. The molecular formula is C20H16FN3O2S. The highest BCUT2D eigenvalue weighted by molar-refractivity contribution is 7.21. The van der Waals surface area contributed by atoms with Gasteiger partial charge in [0.25, 0.3) is 5.91 Å². The third-order valence-electron chi connectivity index (χ3n) is 4.45. The first-order chi connectivity index (χ1) is 13.0. The Labute approximate surface area is 158 Å². The molecule has 7 heteroatoms. The van der Waals surface area contributed by atoms with Crippen LogP contribution in [0.2, 0.25) is 0 Å². The van der Waals surface area contributed by atoms with Crippen LogP contribution in [0.5, 0.6) is 0 Å². The number of hydrogen-bond acceptors (Lipinski definition) is 3. The van der Waals surface area contributed by atoms with E-state index >= 15 is 0 Å². The third-order valence-corrected chi connectivity index (χ3v) is 5.71. The number of aryl methyl sites for hydroxylation is 1. The van der Waals surface area contributed by atoms with E-state index in [1.165, 1.54) is 17.4 Å². The van der Waals surface area contributed by atoms with Gasteiger partial charge in [-0.3, -0.25) is 20.4 Å². The van der Waals surface area contributed by atoms with E-state index in [-0.39, 0.29) is 18.1 Å². The Morgan fingerprint density at radius 1 is 1.11 bits per heavy atom. The largest absolute Gasteiger partial charge is 0.361 e. The minimum absolute atomic E-state index is 0.129. The van der Waals surface area contributed by atoms with Gasteiger partial charge in [0.15, 0.2) is 0 Å². The number of carbonyl (C=O) groups excluding carboxylic acids is 2. The van der Waals surface area contributed by atoms with Crippen LogP contribution >= 0.6 is 11.3 Å². The number of nitrogens with one attached hydrogen (secondary N) is 3. The fraction of sp³-hybridized carbons (Fsp3) is 0.100. The lowest BCUT2D eigenvalue weighted by Crippen LogP contribution is -2.42. The predicted molar refractivity (Wildman–Crippen MR) is 104 cm³/mol. The average Bonchev–Trinajstić information content (AvgIpc) is 3.22. The minimum Gasteiger partial charge on any atom is -0.361 e. The van der Waals surface area contributed by atoms with Gasteiger partial charge in [-0.2, -0.15) is 0 Å². The van der Waals surface area contributed by atoms with Crippen molar-refractivity contribution in [1.29, 1.82) is 0 Å². The number of hydrogen-bond donors (Lipinski definition) is 3. The van der Waals surface area contributed by atoms with Crippen LogP contribution in [0, 0.1) is 12.7 Å². The van der Waals surface area contributed by atoms with E-state index in [4.69, 9.17) is 0 Å². The molecule has 0 aliphatic rings. The molecule has 2 aromatic heterocycles. The fourth-order valence-corrected chi connectivity index (χ4v) is 4.27. The van der Waals surface area contributed by atoms with Gasteiger partial charge in [-0.1, -0.05) is 24.3 Å². The molecule has 2 heterocycles. The summed E-state index contributed by atoms with van der Waals surface area (Å²) < 4.78 is 14.7. The van der Waals surface area contributed by atoms with E-state index in [1.807, 2.05) is 24.3 Å². The van der Waals surface area contributed by atoms with Crippen molar-refractivity contribution in [2.45, 2.75) is 13.3 Å². The first-order valence-electron chi connectivity index (χ1n) is 8.36. The van der Waals surface area contributed by atoms with Gasteiger partial charge in [0, 0.05) is 27.2 Å². The summed E-state index contributed by atoms with van der Waals surface area (Å²) in [5, 5.41) is 1.41. The van der Waals surface area contributed by atoms with E-state index < -0.39 is 5.91 Å². The zero-order valence-electron chi connectivity index (χ0n) is 14.4. The Kier molecular flexibility index (Phi) is 4.37. The van der Waals surface area contributed by atoms with E-state index in [0.717, 1.165) is 16.5 Å². The Morgan fingerprint density at radius 2 is 1.93 bits per heavy atom. The van der Waals surface area contributed by atoms with Crippen LogP contribution in [0.3, 0.4) is 0 Å². The van der Waals surface area contributed by atoms with Crippen molar-refractivity contribution in [2.75, 3.05) is 0 Å². The van der Waals surface area contributed by atoms with Crippen molar-refractivity contribution in [1.82, 2.24) is 15.8 Å². The van der Waals surface area contributed by atoms with Crippen LogP contribution in [0.4, 0.5) is 4.39 Å². The SMILES string of the molecule is Cc1c(C(=O)NNC(=O)Cc2c[nH]c3ccccc23)sc2cccc(F)c12. The van der Waals surface area contributed by atoms with Gasteiger partial charge in [-0.15, -0.1) is 11.3 Å². The maximum absolute atomic E-state index is 14.0. The van der Waals surface area contributed by atoms with Gasteiger partial charge in [-0.25, -0.2) is 4.39 Å². The van der Waals surface area contributed by atoms with Gasteiger partial charge >= 0.3 is 0 Å². The molecule has 0 atom stereocenters. The van der Waals surface area contributed by atoms with Crippen molar-refractivity contribution in [3.63, 3.8) is 0 Å². The van der Waals surface area contributed by atoms with E-state index in [0.29, 0.717) is 20.5 Å². The summed E-state index contributed by atoms with van der Waals surface area (Å²) in [6, 6.07) is 12.4. The molecule has 0 fully saturated rings. The summed E-state index contributed by atoms with van der Waals surface area (Å²) in [5.74, 6) is -1.15. The molecule has 0 radical (unpaired) electrons. The number of hydrazine groups is 1. The first-order valence-corrected chi connectivity index (χ1v) is 9.18. The number of para-hydroxylation sites is 1. The van der Waals surface area contributed by atoms with Gasteiger partial charge in [0.05, 0.1) is 11.3 Å². The van der Waals surface area contributed by atoms with Crippen LogP contribution in [-0.4, -0.2) is 16.8 Å². The Bertz CT molecular complexity index is 1180. The molecule has 136 valence electrons. The van der Waals surface area contributed by atoms with Gasteiger partial charge in [-0.05, 0) is 36.2 Å². The summed E-state index contributed by atoms with van der Waals surface area (Å²) in [6.45, 7) is 1.70. The highest BCUT2D eigenvalue weighted by Gasteiger charge is 2.18.